The summed E-state index contributed by atoms with van der Waals surface area (Å²) < 4.78 is 6.92. The number of ether oxygens (including phenoxy) is 1. The topological polar surface area (TPSA) is 113 Å². The molecule has 0 spiro atoms. The van der Waals surface area contributed by atoms with Crippen LogP contribution < -0.4 is 4.74 Å². The summed E-state index contributed by atoms with van der Waals surface area (Å²) in [6.45, 7) is 2.48. The Hall–Kier alpha value is -3.27. The second kappa shape index (κ2) is 8.41. The standard InChI is InChI=1S/C17H15N5O4S/c1-2-26-15-8-6-13(7-9-15)21-17(18-19-20-21)27-11-16(23)12-4-3-5-14(10-12)22(24)25/h3-10H,2,11H2,1H3. The Kier molecular flexibility index (Phi) is 5.77. The Morgan fingerprint density at radius 3 is 2.74 bits per heavy atom. The van der Waals surface area contributed by atoms with Gasteiger partial charge in [0.2, 0.25) is 5.16 Å². The van der Waals surface area contributed by atoms with Gasteiger partial charge in [0.15, 0.2) is 5.78 Å². The zero-order valence-electron chi connectivity index (χ0n) is 14.3. The van der Waals surface area contributed by atoms with Gasteiger partial charge in [0.05, 0.1) is 23.0 Å². The van der Waals surface area contributed by atoms with Gasteiger partial charge in [-0.2, -0.15) is 4.68 Å². The maximum Gasteiger partial charge on any atom is 0.270 e. The van der Waals surface area contributed by atoms with E-state index in [0.717, 1.165) is 23.2 Å². The van der Waals surface area contributed by atoms with Crippen LogP contribution in [0.2, 0.25) is 0 Å². The van der Waals surface area contributed by atoms with Crippen molar-refractivity contribution < 1.29 is 14.5 Å². The van der Waals surface area contributed by atoms with Crippen molar-refractivity contribution in [3.63, 3.8) is 0 Å². The summed E-state index contributed by atoms with van der Waals surface area (Å²) >= 11 is 1.16. The highest BCUT2D eigenvalue weighted by Gasteiger charge is 2.15. The lowest BCUT2D eigenvalue weighted by molar-refractivity contribution is -0.384. The van der Waals surface area contributed by atoms with E-state index in [4.69, 9.17) is 4.74 Å². The molecule has 0 fully saturated rings. The minimum atomic E-state index is -0.531. The molecule has 0 aliphatic rings. The summed E-state index contributed by atoms with van der Waals surface area (Å²) in [7, 11) is 0. The van der Waals surface area contributed by atoms with Crippen molar-refractivity contribution in [1.29, 1.82) is 0 Å². The number of nitro benzene ring substituents is 1. The fraction of sp³-hybridized carbons (Fsp3) is 0.176. The highest BCUT2D eigenvalue weighted by Crippen LogP contribution is 2.22. The first-order valence-corrected chi connectivity index (χ1v) is 8.99. The molecule has 0 atom stereocenters. The third-order valence-corrected chi connectivity index (χ3v) is 4.46. The number of benzene rings is 2. The molecular weight excluding hydrogens is 370 g/mol. The van der Waals surface area contributed by atoms with Crippen molar-refractivity contribution in [3.8, 4) is 11.4 Å². The molecule has 138 valence electrons. The van der Waals surface area contributed by atoms with Crippen LogP contribution in [0.3, 0.4) is 0 Å². The van der Waals surface area contributed by atoms with Gasteiger partial charge in [0.1, 0.15) is 5.75 Å². The molecule has 1 heterocycles. The van der Waals surface area contributed by atoms with Crippen LogP contribution in [0.25, 0.3) is 5.69 Å². The maximum atomic E-state index is 12.3. The zero-order valence-corrected chi connectivity index (χ0v) is 15.1. The molecule has 0 saturated carbocycles. The quantitative estimate of drug-likeness (QED) is 0.252. The van der Waals surface area contributed by atoms with Gasteiger partial charge in [0.25, 0.3) is 5.69 Å². The van der Waals surface area contributed by atoms with Gasteiger partial charge in [-0.1, -0.05) is 23.9 Å². The number of hydrogen-bond donors (Lipinski definition) is 0. The predicted molar refractivity (Wildman–Crippen MR) is 98.5 cm³/mol. The fourth-order valence-electron chi connectivity index (χ4n) is 2.29. The predicted octanol–water partition coefficient (Wildman–Crippen LogP) is 2.94. The summed E-state index contributed by atoms with van der Waals surface area (Å²) in [4.78, 5) is 22.6. The number of carbonyl (C=O) groups is 1. The third-order valence-electron chi connectivity index (χ3n) is 3.54. The first-order chi connectivity index (χ1) is 13.1. The van der Waals surface area contributed by atoms with Gasteiger partial charge in [0, 0.05) is 17.7 Å². The maximum absolute atomic E-state index is 12.3. The first kappa shape index (κ1) is 18.5. The van der Waals surface area contributed by atoms with Crippen LogP contribution in [0.15, 0.2) is 53.7 Å². The largest absolute Gasteiger partial charge is 0.494 e. The van der Waals surface area contributed by atoms with Gasteiger partial charge >= 0.3 is 0 Å². The summed E-state index contributed by atoms with van der Waals surface area (Å²) in [6, 6.07) is 12.9. The van der Waals surface area contributed by atoms with Crippen molar-refractivity contribution in [2.75, 3.05) is 12.4 Å². The number of thioether (sulfide) groups is 1. The van der Waals surface area contributed by atoms with E-state index in [1.807, 2.05) is 31.2 Å². The van der Waals surface area contributed by atoms with Crippen molar-refractivity contribution >= 4 is 23.2 Å². The summed E-state index contributed by atoms with van der Waals surface area (Å²) in [5.74, 6) is 0.549. The molecule has 3 aromatic rings. The molecule has 0 bridgehead atoms. The molecule has 1 aromatic heterocycles. The lowest BCUT2D eigenvalue weighted by Crippen LogP contribution is -2.05. The Morgan fingerprint density at radius 2 is 2.04 bits per heavy atom. The Bertz CT molecular complexity index is 958. The number of hydrogen-bond acceptors (Lipinski definition) is 8. The number of nitro groups is 1. The fourth-order valence-corrected chi connectivity index (χ4v) is 3.07. The minimum absolute atomic E-state index is 0.0541. The molecule has 27 heavy (non-hydrogen) atoms. The van der Waals surface area contributed by atoms with Crippen LogP contribution >= 0.6 is 11.8 Å². The molecule has 9 nitrogen and oxygen atoms in total. The Morgan fingerprint density at radius 1 is 1.26 bits per heavy atom. The lowest BCUT2D eigenvalue weighted by Gasteiger charge is -2.06. The number of carbonyl (C=O) groups excluding carboxylic acids is 1. The molecule has 0 unspecified atom stereocenters. The lowest BCUT2D eigenvalue weighted by atomic mass is 10.1. The third kappa shape index (κ3) is 4.47. The molecule has 10 heteroatoms. The molecule has 3 rings (SSSR count). The highest BCUT2D eigenvalue weighted by molar-refractivity contribution is 7.99. The molecule has 0 saturated heterocycles. The van der Waals surface area contributed by atoms with E-state index in [2.05, 4.69) is 15.5 Å². The van der Waals surface area contributed by atoms with Gasteiger partial charge < -0.3 is 4.74 Å². The summed E-state index contributed by atoms with van der Waals surface area (Å²) in [6.07, 6.45) is 0. The number of tetrazole rings is 1. The number of nitrogens with zero attached hydrogens (tertiary/aromatic N) is 5. The van der Waals surface area contributed by atoms with Crippen LogP contribution in [0, 0.1) is 10.1 Å². The minimum Gasteiger partial charge on any atom is -0.494 e. The van der Waals surface area contributed by atoms with E-state index < -0.39 is 4.92 Å². The van der Waals surface area contributed by atoms with E-state index in [9.17, 15) is 14.9 Å². The van der Waals surface area contributed by atoms with Crippen molar-refractivity contribution in [2.24, 2.45) is 0 Å². The molecular formula is C17H15N5O4S. The number of rotatable bonds is 8. The van der Waals surface area contributed by atoms with E-state index in [1.54, 1.807) is 6.07 Å². The SMILES string of the molecule is CCOc1ccc(-n2nnnc2SCC(=O)c2cccc([N+](=O)[O-])c2)cc1. The van der Waals surface area contributed by atoms with Crippen molar-refractivity contribution in [2.45, 2.75) is 12.1 Å². The zero-order chi connectivity index (χ0) is 19.2. The Balaban J connectivity index is 1.70. The smallest absolute Gasteiger partial charge is 0.270 e. The number of non-ortho nitro benzene ring substituents is 1. The van der Waals surface area contributed by atoms with Crippen LogP contribution in [0.1, 0.15) is 17.3 Å². The van der Waals surface area contributed by atoms with Crippen LogP contribution in [0.4, 0.5) is 5.69 Å². The van der Waals surface area contributed by atoms with Crippen molar-refractivity contribution in [3.05, 3.63) is 64.2 Å². The average molecular weight is 385 g/mol. The van der Waals surface area contributed by atoms with Crippen LogP contribution in [-0.4, -0.2) is 43.3 Å². The van der Waals surface area contributed by atoms with Crippen LogP contribution in [0.5, 0.6) is 5.75 Å². The van der Waals surface area contributed by atoms with Gasteiger partial charge in [-0.15, -0.1) is 5.10 Å². The first-order valence-electron chi connectivity index (χ1n) is 8.00. The van der Waals surface area contributed by atoms with Gasteiger partial charge in [-0.3, -0.25) is 14.9 Å². The molecule has 0 N–H and O–H groups in total. The van der Waals surface area contributed by atoms with Gasteiger partial charge in [-0.25, -0.2) is 0 Å². The van der Waals surface area contributed by atoms with E-state index in [0.29, 0.717) is 11.8 Å². The molecule has 0 amide bonds. The second-order valence-corrected chi connectivity index (χ2v) is 6.26. The molecule has 0 aliphatic carbocycles. The van der Waals surface area contributed by atoms with Gasteiger partial charge in [-0.05, 0) is 41.6 Å². The molecule has 0 radical (unpaired) electrons. The molecule has 2 aromatic carbocycles. The van der Waals surface area contributed by atoms with E-state index in [1.165, 1.54) is 22.9 Å². The summed E-state index contributed by atoms with van der Waals surface area (Å²) in [5.41, 5.74) is 0.885. The van der Waals surface area contributed by atoms with Crippen molar-refractivity contribution in [1.82, 2.24) is 20.2 Å². The van der Waals surface area contributed by atoms with E-state index in [-0.39, 0.29) is 22.8 Å². The number of ketones is 1. The number of aromatic nitrogens is 4. The molecule has 0 aliphatic heterocycles. The average Bonchev–Trinajstić information content (AvgIpc) is 3.15. The monoisotopic (exact) mass is 385 g/mol. The Labute approximate surface area is 158 Å². The van der Waals surface area contributed by atoms with E-state index >= 15 is 0 Å². The van der Waals surface area contributed by atoms with Crippen LogP contribution in [-0.2, 0) is 0 Å². The second-order valence-electron chi connectivity index (χ2n) is 5.32. The normalized spacial score (nSPS) is 10.6. The summed E-state index contributed by atoms with van der Waals surface area (Å²) in [5, 5.41) is 22.8. The highest BCUT2D eigenvalue weighted by atomic mass is 32.2. The number of Topliss-reactive ketones (excluding diaryl/α,β-unsaturated/α-hetero) is 1.